The summed E-state index contributed by atoms with van der Waals surface area (Å²) in [7, 11) is 0. The predicted molar refractivity (Wildman–Crippen MR) is 66.8 cm³/mol. The van der Waals surface area contributed by atoms with E-state index < -0.39 is 6.10 Å². The van der Waals surface area contributed by atoms with E-state index in [0.717, 1.165) is 23.5 Å². The van der Waals surface area contributed by atoms with Crippen LogP contribution in [0.3, 0.4) is 0 Å². The van der Waals surface area contributed by atoms with E-state index in [1.165, 1.54) is 0 Å². The van der Waals surface area contributed by atoms with Crippen LogP contribution >= 0.6 is 11.8 Å². The summed E-state index contributed by atoms with van der Waals surface area (Å²) in [5.41, 5.74) is 1.56. The molecule has 0 amide bonds. The highest BCUT2D eigenvalue weighted by molar-refractivity contribution is 7.99. The maximum atomic E-state index is 11.3. The van der Waals surface area contributed by atoms with E-state index in [0.29, 0.717) is 11.5 Å². The SMILES string of the molecule is CC(=O)c1cccc(C(O)C2CCSC2)c1. The second kappa shape index (κ2) is 5.02. The molecule has 2 nitrogen and oxygen atoms in total. The molecule has 3 heteroatoms. The van der Waals surface area contributed by atoms with Crippen molar-refractivity contribution in [1.82, 2.24) is 0 Å². The first kappa shape index (κ1) is 11.7. The number of hydrogen-bond acceptors (Lipinski definition) is 3. The Morgan fingerprint density at radius 2 is 2.38 bits per heavy atom. The number of rotatable bonds is 3. The van der Waals surface area contributed by atoms with E-state index >= 15 is 0 Å². The number of carbonyl (C=O) groups is 1. The zero-order valence-electron chi connectivity index (χ0n) is 9.35. The Labute approximate surface area is 100 Å². The van der Waals surface area contributed by atoms with Crippen molar-refractivity contribution >= 4 is 17.5 Å². The van der Waals surface area contributed by atoms with Crippen molar-refractivity contribution < 1.29 is 9.90 Å². The molecule has 2 rings (SSSR count). The van der Waals surface area contributed by atoms with Gasteiger partial charge in [0.05, 0.1) is 6.10 Å². The second-order valence-electron chi connectivity index (χ2n) is 4.25. The molecule has 0 aromatic heterocycles. The van der Waals surface area contributed by atoms with Crippen LogP contribution in [0.15, 0.2) is 24.3 Å². The molecule has 2 atom stereocenters. The van der Waals surface area contributed by atoms with Crippen molar-refractivity contribution in [1.29, 1.82) is 0 Å². The maximum absolute atomic E-state index is 11.3. The number of ketones is 1. The fourth-order valence-electron chi connectivity index (χ4n) is 2.02. The molecule has 1 fully saturated rings. The topological polar surface area (TPSA) is 37.3 Å². The number of benzene rings is 1. The lowest BCUT2D eigenvalue weighted by Crippen LogP contribution is -2.12. The number of Topliss-reactive ketones (excluding diaryl/α,β-unsaturated/α-hetero) is 1. The number of aliphatic hydroxyl groups excluding tert-OH is 1. The van der Waals surface area contributed by atoms with Crippen LogP contribution in [-0.2, 0) is 0 Å². The number of thioether (sulfide) groups is 1. The van der Waals surface area contributed by atoms with Gasteiger partial charge in [-0.25, -0.2) is 0 Å². The van der Waals surface area contributed by atoms with Crippen molar-refractivity contribution in [2.75, 3.05) is 11.5 Å². The van der Waals surface area contributed by atoms with E-state index in [4.69, 9.17) is 0 Å². The van der Waals surface area contributed by atoms with Crippen molar-refractivity contribution in [3.8, 4) is 0 Å². The van der Waals surface area contributed by atoms with Crippen LogP contribution in [0.25, 0.3) is 0 Å². The summed E-state index contributed by atoms with van der Waals surface area (Å²) < 4.78 is 0. The lowest BCUT2D eigenvalue weighted by Gasteiger charge is -2.17. The van der Waals surface area contributed by atoms with Crippen LogP contribution < -0.4 is 0 Å². The molecule has 1 saturated heterocycles. The fraction of sp³-hybridized carbons (Fsp3) is 0.462. The number of aliphatic hydroxyl groups is 1. The van der Waals surface area contributed by atoms with Crippen molar-refractivity contribution in [2.24, 2.45) is 5.92 Å². The fourth-order valence-corrected chi connectivity index (χ4v) is 3.30. The highest BCUT2D eigenvalue weighted by Gasteiger charge is 2.25. The lowest BCUT2D eigenvalue weighted by molar-refractivity contribution is 0.101. The largest absolute Gasteiger partial charge is 0.388 e. The standard InChI is InChI=1S/C13H16O2S/c1-9(14)10-3-2-4-11(7-10)13(15)12-5-6-16-8-12/h2-4,7,12-13,15H,5-6,8H2,1H3. The summed E-state index contributed by atoms with van der Waals surface area (Å²) >= 11 is 1.89. The van der Waals surface area contributed by atoms with Crippen LogP contribution in [0, 0.1) is 5.92 Å². The summed E-state index contributed by atoms with van der Waals surface area (Å²) in [6.45, 7) is 1.55. The molecule has 1 aromatic carbocycles. The molecule has 0 radical (unpaired) electrons. The zero-order chi connectivity index (χ0) is 11.5. The minimum Gasteiger partial charge on any atom is -0.388 e. The molecule has 1 aliphatic rings. The minimum absolute atomic E-state index is 0.0508. The molecule has 2 unspecified atom stereocenters. The molecule has 0 saturated carbocycles. The molecule has 86 valence electrons. The molecule has 0 bridgehead atoms. The Hall–Kier alpha value is -0.800. The maximum Gasteiger partial charge on any atom is 0.159 e. The molecule has 1 heterocycles. The Balaban J connectivity index is 2.18. The van der Waals surface area contributed by atoms with Gasteiger partial charge in [0, 0.05) is 5.56 Å². The van der Waals surface area contributed by atoms with Gasteiger partial charge in [-0.05, 0) is 42.4 Å². The molecule has 0 aliphatic carbocycles. The molecular formula is C13H16O2S. The van der Waals surface area contributed by atoms with Crippen LogP contribution in [0.2, 0.25) is 0 Å². The smallest absolute Gasteiger partial charge is 0.159 e. The number of hydrogen-bond donors (Lipinski definition) is 1. The summed E-state index contributed by atoms with van der Waals surface area (Å²) in [5.74, 6) is 2.54. The van der Waals surface area contributed by atoms with Crippen LogP contribution in [-0.4, -0.2) is 22.4 Å². The van der Waals surface area contributed by atoms with Gasteiger partial charge >= 0.3 is 0 Å². The third-order valence-electron chi connectivity index (χ3n) is 3.05. The van der Waals surface area contributed by atoms with Gasteiger partial charge in [0.15, 0.2) is 5.78 Å². The Kier molecular flexibility index (Phi) is 3.66. The summed E-state index contributed by atoms with van der Waals surface area (Å²) in [5, 5.41) is 10.2. The van der Waals surface area contributed by atoms with Crippen molar-refractivity contribution in [3.63, 3.8) is 0 Å². The summed E-state index contributed by atoms with van der Waals surface area (Å²) in [4.78, 5) is 11.3. The molecule has 0 spiro atoms. The van der Waals surface area contributed by atoms with Gasteiger partial charge in [0.1, 0.15) is 0 Å². The van der Waals surface area contributed by atoms with E-state index in [1.807, 2.05) is 30.0 Å². The molecule has 1 aromatic rings. The first-order chi connectivity index (χ1) is 7.68. The second-order valence-corrected chi connectivity index (χ2v) is 5.40. The average molecular weight is 236 g/mol. The van der Waals surface area contributed by atoms with Gasteiger partial charge in [-0.15, -0.1) is 0 Å². The van der Waals surface area contributed by atoms with Gasteiger partial charge < -0.3 is 5.11 Å². The predicted octanol–water partition coefficient (Wildman–Crippen LogP) is 2.68. The molecule has 1 aliphatic heterocycles. The Morgan fingerprint density at radius 1 is 1.56 bits per heavy atom. The van der Waals surface area contributed by atoms with Gasteiger partial charge in [0.25, 0.3) is 0 Å². The van der Waals surface area contributed by atoms with Gasteiger partial charge in [-0.1, -0.05) is 18.2 Å². The third kappa shape index (κ3) is 2.47. The summed E-state index contributed by atoms with van der Waals surface area (Å²) in [6, 6.07) is 7.36. The third-order valence-corrected chi connectivity index (χ3v) is 4.23. The molecule has 16 heavy (non-hydrogen) atoms. The van der Waals surface area contributed by atoms with Gasteiger partial charge in [-0.2, -0.15) is 11.8 Å². The highest BCUT2D eigenvalue weighted by atomic mass is 32.2. The molecule has 1 N–H and O–H groups in total. The van der Waals surface area contributed by atoms with Gasteiger partial charge in [0.2, 0.25) is 0 Å². The average Bonchev–Trinajstić information content (AvgIpc) is 2.81. The highest BCUT2D eigenvalue weighted by Crippen LogP contribution is 2.34. The van der Waals surface area contributed by atoms with Crippen LogP contribution in [0.1, 0.15) is 35.4 Å². The number of carbonyl (C=O) groups excluding carboxylic acids is 1. The van der Waals surface area contributed by atoms with Crippen molar-refractivity contribution in [2.45, 2.75) is 19.4 Å². The van der Waals surface area contributed by atoms with Crippen molar-refractivity contribution in [3.05, 3.63) is 35.4 Å². The minimum atomic E-state index is -0.422. The molecular weight excluding hydrogens is 220 g/mol. The quantitative estimate of drug-likeness (QED) is 0.820. The van der Waals surface area contributed by atoms with Crippen LogP contribution in [0.4, 0.5) is 0 Å². The lowest BCUT2D eigenvalue weighted by atomic mass is 9.94. The summed E-state index contributed by atoms with van der Waals surface area (Å²) in [6.07, 6.45) is 0.644. The van der Waals surface area contributed by atoms with E-state index in [1.54, 1.807) is 13.0 Å². The monoisotopic (exact) mass is 236 g/mol. The Morgan fingerprint density at radius 3 is 3.00 bits per heavy atom. The normalized spacial score (nSPS) is 22.0. The zero-order valence-corrected chi connectivity index (χ0v) is 10.2. The van der Waals surface area contributed by atoms with E-state index in [-0.39, 0.29) is 5.78 Å². The van der Waals surface area contributed by atoms with Crippen LogP contribution in [0.5, 0.6) is 0 Å². The first-order valence-corrected chi connectivity index (χ1v) is 6.70. The van der Waals surface area contributed by atoms with E-state index in [9.17, 15) is 9.90 Å². The Bertz CT molecular complexity index is 383. The van der Waals surface area contributed by atoms with Gasteiger partial charge in [-0.3, -0.25) is 4.79 Å². The first-order valence-electron chi connectivity index (χ1n) is 5.55. The van der Waals surface area contributed by atoms with E-state index in [2.05, 4.69) is 0 Å².